The number of hydrogen-bond donors (Lipinski definition) is 1. The number of nitrogens with one attached hydrogen (secondary N) is 1. The Morgan fingerprint density at radius 2 is 2.25 bits per heavy atom. The zero-order valence-electron chi connectivity index (χ0n) is 9.02. The van der Waals surface area contributed by atoms with Gasteiger partial charge in [-0.25, -0.2) is 4.98 Å². The second-order valence-corrected chi connectivity index (χ2v) is 3.54. The van der Waals surface area contributed by atoms with Crippen molar-refractivity contribution in [2.24, 2.45) is 0 Å². The number of benzene rings is 1. The van der Waals surface area contributed by atoms with Crippen molar-refractivity contribution in [3.63, 3.8) is 0 Å². The lowest BCUT2D eigenvalue weighted by Crippen LogP contribution is -2.26. The second kappa shape index (κ2) is 3.77. The molecule has 2 aromatic rings. The van der Waals surface area contributed by atoms with Gasteiger partial charge in [0.1, 0.15) is 5.82 Å². The van der Waals surface area contributed by atoms with Gasteiger partial charge in [-0.15, -0.1) is 0 Å². The van der Waals surface area contributed by atoms with E-state index in [4.69, 9.17) is 0 Å². The van der Waals surface area contributed by atoms with Crippen LogP contribution in [0, 0.1) is 6.92 Å². The Labute approximate surface area is 92.1 Å². The van der Waals surface area contributed by atoms with Gasteiger partial charge in [-0.3, -0.25) is 9.59 Å². The van der Waals surface area contributed by atoms with Crippen LogP contribution in [-0.4, -0.2) is 29.2 Å². The second-order valence-electron chi connectivity index (χ2n) is 3.54. The number of aromatic amines is 1. The van der Waals surface area contributed by atoms with Crippen LogP contribution in [0.3, 0.4) is 0 Å². The molecular formula is C11H11N3O2. The zero-order valence-corrected chi connectivity index (χ0v) is 9.02. The lowest BCUT2D eigenvalue weighted by Gasteiger charge is -2.13. The van der Waals surface area contributed by atoms with E-state index in [2.05, 4.69) is 9.97 Å². The maximum absolute atomic E-state index is 11.2. The summed E-state index contributed by atoms with van der Waals surface area (Å²) in [5, 5.41) is 0. The summed E-state index contributed by atoms with van der Waals surface area (Å²) < 4.78 is 0. The molecule has 0 radical (unpaired) electrons. The molecule has 0 fully saturated rings. The first kappa shape index (κ1) is 10.4. The van der Waals surface area contributed by atoms with Crippen LogP contribution in [-0.2, 0) is 9.59 Å². The van der Waals surface area contributed by atoms with Crippen molar-refractivity contribution in [1.29, 1.82) is 0 Å². The van der Waals surface area contributed by atoms with Gasteiger partial charge < -0.3 is 9.88 Å². The molecule has 0 spiro atoms. The Hall–Kier alpha value is -2.17. The number of rotatable bonds is 2. The third-order valence-corrected chi connectivity index (χ3v) is 2.40. The van der Waals surface area contributed by atoms with Crippen molar-refractivity contribution < 1.29 is 9.59 Å². The number of anilines is 1. The van der Waals surface area contributed by atoms with Crippen LogP contribution < -0.4 is 4.90 Å². The van der Waals surface area contributed by atoms with Crippen LogP contribution in [0.5, 0.6) is 0 Å². The highest BCUT2D eigenvalue weighted by Crippen LogP contribution is 2.19. The maximum atomic E-state index is 11.2. The monoisotopic (exact) mass is 217 g/mol. The number of amides is 1. The van der Waals surface area contributed by atoms with Crippen LogP contribution in [0.2, 0.25) is 0 Å². The third kappa shape index (κ3) is 1.67. The quantitative estimate of drug-likeness (QED) is 0.603. The van der Waals surface area contributed by atoms with Crippen LogP contribution in [0.15, 0.2) is 18.2 Å². The van der Waals surface area contributed by atoms with E-state index >= 15 is 0 Å². The van der Waals surface area contributed by atoms with Gasteiger partial charge in [0.05, 0.1) is 11.0 Å². The molecular weight excluding hydrogens is 206 g/mol. The molecule has 82 valence electrons. The number of carbonyl (C=O) groups is 2. The number of imidazole rings is 1. The number of hydrogen-bond acceptors (Lipinski definition) is 3. The zero-order chi connectivity index (χ0) is 11.7. The smallest absolute Gasteiger partial charge is 0.290 e. The Morgan fingerprint density at radius 3 is 2.94 bits per heavy atom. The molecule has 1 heterocycles. The molecule has 0 saturated carbocycles. The normalized spacial score (nSPS) is 10.4. The minimum atomic E-state index is -0.574. The first-order chi connectivity index (χ1) is 7.61. The minimum Gasteiger partial charge on any atom is -0.342 e. The average molecular weight is 217 g/mol. The molecule has 0 atom stereocenters. The highest BCUT2D eigenvalue weighted by Gasteiger charge is 2.10. The number of aldehydes is 1. The highest BCUT2D eigenvalue weighted by atomic mass is 16.2. The Bertz CT molecular complexity index is 559. The summed E-state index contributed by atoms with van der Waals surface area (Å²) in [5.74, 6) is 0.243. The lowest BCUT2D eigenvalue weighted by molar-refractivity contribution is -0.129. The number of aromatic nitrogens is 2. The highest BCUT2D eigenvalue weighted by molar-refractivity contribution is 6.30. The summed E-state index contributed by atoms with van der Waals surface area (Å²) >= 11 is 0. The molecule has 0 aliphatic rings. The average Bonchev–Trinajstić information content (AvgIpc) is 2.65. The number of aryl methyl sites for hydroxylation is 1. The predicted molar refractivity (Wildman–Crippen MR) is 60.3 cm³/mol. The molecule has 0 unspecified atom stereocenters. The molecule has 5 nitrogen and oxygen atoms in total. The number of likely N-dealkylation sites (N-methyl/N-ethyl adjacent to an activating group) is 1. The first-order valence-electron chi connectivity index (χ1n) is 4.81. The van der Waals surface area contributed by atoms with Gasteiger partial charge in [-0.05, 0) is 25.1 Å². The first-order valence-corrected chi connectivity index (χ1v) is 4.81. The molecule has 2 rings (SSSR count). The molecule has 0 aliphatic carbocycles. The number of nitrogens with zero attached hydrogens (tertiary/aromatic N) is 2. The van der Waals surface area contributed by atoms with Gasteiger partial charge in [-0.1, -0.05) is 0 Å². The standard InChI is InChI=1S/C11H11N3O2/c1-7-12-9-4-3-8(5-10(9)13-7)14(2)11(16)6-15/h3-6H,1-2H3,(H,12,13). The largest absolute Gasteiger partial charge is 0.342 e. The van der Waals surface area contributed by atoms with Crippen LogP contribution >= 0.6 is 0 Å². The van der Waals surface area contributed by atoms with Gasteiger partial charge in [0, 0.05) is 12.7 Å². The summed E-state index contributed by atoms with van der Waals surface area (Å²) in [6, 6.07) is 5.35. The number of carbonyl (C=O) groups excluding carboxylic acids is 2. The van der Waals surface area contributed by atoms with E-state index in [1.807, 2.05) is 13.0 Å². The third-order valence-electron chi connectivity index (χ3n) is 2.40. The molecule has 0 saturated heterocycles. The van der Waals surface area contributed by atoms with E-state index in [-0.39, 0.29) is 0 Å². The molecule has 0 bridgehead atoms. The van der Waals surface area contributed by atoms with E-state index in [1.54, 1.807) is 19.2 Å². The topological polar surface area (TPSA) is 66.1 Å². The van der Waals surface area contributed by atoms with Crippen molar-refractivity contribution in [1.82, 2.24) is 9.97 Å². The van der Waals surface area contributed by atoms with E-state index in [1.165, 1.54) is 4.90 Å². The minimum absolute atomic E-state index is 0.294. The fourth-order valence-electron chi connectivity index (χ4n) is 1.54. The molecule has 16 heavy (non-hydrogen) atoms. The van der Waals surface area contributed by atoms with Gasteiger partial charge in [-0.2, -0.15) is 0 Å². The van der Waals surface area contributed by atoms with Crippen molar-refractivity contribution >= 4 is 28.9 Å². The molecule has 1 amide bonds. The number of fused-ring (bicyclic) bond motifs is 1. The van der Waals surface area contributed by atoms with Crippen molar-refractivity contribution in [3.05, 3.63) is 24.0 Å². The van der Waals surface area contributed by atoms with Gasteiger partial charge in [0.15, 0.2) is 0 Å². The predicted octanol–water partition coefficient (Wildman–Crippen LogP) is 1.03. The summed E-state index contributed by atoms with van der Waals surface area (Å²) in [4.78, 5) is 30.2. The Balaban J connectivity index is 2.45. The van der Waals surface area contributed by atoms with Crippen molar-refractivity contribution in [2.45, 2.75) is 6.92 Å². The maximum Gasteiger partial charge on any atom is 0.290 e. The Morgan fingerprint density at radius 1 is 1.50 bits per heavy atom. The SMILES string of the molecule is Cc1nc2ccc(N(C)C(=O)C=O)cc2[nH]1. The molecule has 0 aliphatic heterocycles. The van der Waals surface area contributed by atoms with E-state index in [9.17, 15) is 9.59 Å². The lowest BCUT2D eigenvalue weighted by atomic mass is 10.2. The van der Waals surface area contributed by atoms with Gasteiger partial charge >= 0.3 is 0 Å². The number of H-pyrrole nitrogens is 1. The van der Waals surface area contributed by atoms with E-state index < -0.39 is 5.91 Å². The summed E-state index contributed by atoms with van der Waals surface area (Å²) in [5.41, 5.74) is 2.35. The van der Waals surface area contributed by atoms with Crippen LogP contribution in [0.4, 0.5) is 5.69 Å². The van der Waals surface area contributed by atoms with Crippen LogP contribution in [0.25, 0.3) is 11.0 Å². The van der Waals surface area contributed by atoms with Crippen molar-refractivity contribution in [3.8, 4) is 0 Å². The Kier molecular flexibility index (Phi) is 2.44. The summed E-state index contributed by atoms with van der Waals surface area (Å²) in [7, 11) is 1.56. The van der Waals surface area contributed by atoms with E-state index in [0.29, 0.717) is 12.0 Å². The summed E-state index contributed by atoms with van der Waals surface area (Å²) in [6.07, 6.45) is 0.294. The van der Waals surface area contributed by atoms with E-state index in [0.717, 1.165) is 16.9 Å². The van der Waals surface area contributed by atoms with Crippen molar-refractivity contribution in [2.75, 3.05) is 11.9 Å². The summed E-state index contributed by atoms with van der Waals surface area (Å²) in [6.45, 7) is 1.86. The fraction of sp³-hybridized carbons (Fsp3) is 0.182. The molecule has 1 N–H and O–H groups in total. The molecule has 1 aromatic heterocycles. The van der Waals surface area contributed by atoms with Crippen LogP contribution in [0.1, 0.15) is 5.82 Å². The molecule has 5 heteroatoms. The van der Waals surface area contributed by atoms with Gasteiger partial charge in [0.25, 0.3) is 5.91 Å². The van der Waals surface area contributed by atoms with Gasteiger partial charge in [0.2, 0.25) is 6.29 Å². The molecule has 1 aromatic carbocycles. The fourth-order valence-corrected chi connectivity index (χ4v) is 1.54.